The number of benzene rings is 7. The first-order valence-electron chi connectivity index (χ1n) is 35.8. The van der Waals surface area contributed by atoms with E-state index in [1.165, 1.54) is 99.3 Å². The van der Waals surface area contributed by atoms with Gasteiger partial charge in [-0.25, -0.2) is 0 Å². The van der Waals surface area contributed by atoms with Crippen molar-refractivity contribution >= 4 is 57.5 Å². The largest absolute Gasteiger partial charge is 0.289 e. The summed E-state index contributed by atoms with van der Waals surface area (Å²) in [5.41, 5.74) is 17.9. The highest BCUT2D eigenvalue weighted by Gasteiger charge is 2.53. The number of carbonyl (C=O) groups excluding carboxylic acids is 2. The molecule has 8 heteroatoms. The number of fused-ring (bicyclic) bond motifs is 8. The molecule has 9 aromatic rings. The molecule has 0 atom stereocenters. The molecule has 0 amide bonds. The van der Waals surface area contributed by atoms with Gasteiger partial charge in [-0.15, -0.1) is 22.7 Å². The Hall–Kier alpha value is -9.80. The van der Waals surface area contributed by atoms with Gasteiger partial charge in [0.15, 0.2) is 11.6 Å². The van der Waals surface area contributed by atoms with Gasteiger partial charge < -0.3 is 0 Å². The Labute approximate surface area is 587 Å². The maximum absolute atomic E-state index is 14.8. The second-order valence-electron chi connectivity index (χ2n) is 27.1. The van der Waals surface area contributed by atoms with Crippen molar-refractivity contribution in [3.8, 4) is 45.2 Å². The van der Waals surface area contributed by atoms with Crippen molar-refractivity contribution in [1.29, 1.82) is 21.0 Å². The van der Waals surface area contributed by atoms with E-state index in [0.29, 0.717) is 44.5 Å². The third-order valence-corrected chi connectivity index (χ3v) is 23.3. The molecule has 2 heterocycles. The number of unbranched alkanes of at least 4 members (excludes halogenated alkanes) is 12. The molecule has 0 fully saturated rings. The van der Waals surface area contributed by atoms with E-state index in [2.05, 4.69) is 173 Å². The van der Waals surface area contributed by atoms with Gasteiger partial charge in [-0.2, -0.15) is 21.0 Å². The lowest BCUT2D eigenvalue weighted by Crippen LogP contribution is -2.30. The minimum absolute atomic E-state index is 0.0957. The van der Waals surface area contributed by atoms with Crippen molar-refractivity contribution in [1.82, 2.24) is 0 Å². The lowest BCUT2D eigenvalue weighted by Gasteiger charge is -2.35. The average Bonchev–Trinajstić information content (AvgIpc) is 1.50. The Morgan fingerprint density at radius 3 is 0.908 bits per heavy atom. The van der Waals surface area contributed by atoms with E-state index in [9.17, 15) is 30.6 Å². The highest BCUT2D eigenvalue weighted by Crippen LogP contribution is 2.66. The maximum Gasteiger partial charge on any atom is 0.194 e. The summed E-state index contributed by atoms with van der Waals surface area (Å²) in [5, 5.41) is 42.1. The Bertz CT molecular complexity index is 4410. The summed E-state index contributed by atoms with van der Waals surface area (Å²) in [4.78, 5) is 33.5. The number of rotatable bonds is 26. The van der Waals surface area contributed by atoms with Gasteiger partial charge in [-0.1, -0.05) is 250 Å². The molecule has 4 aliphatic rings. The van der Waals surface area contributed by atoms with Crippen LogP contribution in [-0.2, 0) is 36.5 Å². The second-order valence-corrected chi connectivity index (χ2v) is 29.2. The van der Waals surface area contributed by atoms with E-state index >= 15 is 0 Å². The number of allylic oxidation sites excluding steroid dienone is 6. The molecule has 486 valence electrons. The minimum atomic E-state index is -0.890. The number of ketones is 2. The van der Waals surface area contributed by atoms with Crippen molar-refractivity contribution in [2.24, 2.45) is 0 Å². The fourth-order valence-corrected chi connectivity index (χ4v) is 18.5. The number of nitrogens with zero attached hydrogens (tertiary/aromatic N) is 4. The topological polar surface area (TPSA) is 129 Å². The van der Waals surface area contributed by atoms with Gasteiger partial charge in [0.1, 0.15) is 35.4 Å². The van der Waals surface area contributed by atoms with E-state index in [1.807, 2.05) is 48.6 Å². The lowest BCUT2D eigenvalue weighted by molar-refractivity contribution is 0.103. The Morgan fingerprint density at radius 1 is 0.347 bits per heavy atom. The molecular weight excluding hydrogens is 1230 g/mol. The van der Waals surface area contributed by atoms with Crippen molar-refractivity contribution in [2.75, 3.05) is 0 Å². The molecule has 0 spiro atoms. The predicted molar refractivity (Wildman–Crippen MR) is 402 cm³/mol. The third kappa shape index (κ3) is 12.0. The Morgan fingerprint density at radius 2 is 0.633 bits per heavy atom. The van der Waals surface area contributed by atoms with Gasteiger partial charge in [-0.05, 0) is 177 Å². The molecule has 0 aliphatic heterocycles. The van der Waals surface area contributed by atoms with Gasteiger partial charge in [0.25, 0.3) is 0 Å². The van der Waals surface area contributed by atoms with Gasteiger partial charge in [0.2, 0.25) is 0 Å². The summed E-state index contributed by atoms with van der Waals surface area (Å²) < 4.78 is 0. The van der Waals surface area contributed by atoms with Crippen molar-refractivity contribution in [3.05, 3.63) is 291 Å². The Kier molecular flexibility index (Phi) is 20.1. The van der Waals surface area contributed by atoms with Crippen LogP contribution in [0.5, 0.6) is 0 Å². The highest BCUT2D eigenvalue weighted by atomic mass is 32.1. The van der Waals surface area contributed by atoms with Crippen LogP contribution in [0, 0.1) is 45.3 Å². The Balaban J connectivity index is 1.11. The van der Waals surface area contributed by atoms with E-state index in [-0.39, 0.29) is 22.7 Å². The summed E-state index contributed by atoms with van der Waals surface area (Å²) in [6.45, 7) is 9.02. The molecule has 0 N–H and O–H groups in total. The number of thiophene rings is 2. The van der Waals surface area contributed by atoms with E-state index < -0.39 is 10.8 Å². The summed E-state index contributed by atoms with van der Waals surface area (Å²) in [7, 11) is 0. The summed E-state index contributed by atoms with van der Waals surface area (Å²) >= 11 is 3.31. The smallest absolute Gasteiger partial charge is 0.194 e. The first-order valence-corrected chi connectivity index (χ1v) is 37.4. The molecule has 0 saturated heterocycles. The van der Waals surface area contributed by atoms with Crippen LogP contribution < -0.4 is 0 Å². The first-order chi connectivity index (χ1) is 48.1. The van der Waals surface area contributed by atoms with Gasteiger partial charge >= 0.3 is 0 Å². The minimum Gasteiger partial charge on any atom is -0.289 e. The zero-order valence-corrected chi connectivity index (χ0v) is 58.5. The van der Waals surface area contributed by atoms with Crippen LogP contribution in [0.4, 0.5) is 0 Å². The molecule has 0 saturated carbocycles. The van der Waals surface area contributed by atoms with Crippen LogP contribution in [0.15, 0.2) is 192 Å². The molecule has 0 unspecified atom stereocenters. The number of hydrogen-bond donors (Lipinski definition) is 0. The highest BCUT2D eigenvalue weighted by molar-refractivity contribution is 7.17. The van der Waals surface area contributed by atoms with Crippen LogP contribution >= 0.6 is 22.7 Å². The number of aryl methyl sites for hydroxylation is 4. The number of nitriles is 4. The molecule has 4 aliphatic carbocycles. The zero-order chi connectivity index (χ0) is 67.9. The maximum atomic E-state index is 14.8. The predicted octanol–water partition coefficient (Wildman–Crippen LogP) is 23.2. The fourth-order valence-electron chi connectivity index (χ4n) is 16.1. The molecule has 0 radical (unpaired) electrons. The van der Waals surface area contributed by atoms with Gasteiger partial charge in [-0.3, -0.25) is 9.59 Å². The molecule has 0 bridgehead atoms. The number of hydrogen-bond acceptors (Lipinski definition) is 8. The quantitative estimate of drug-likeness (QED) is 0.0302. The number of Topliss-reactive ketones (excluding diaryl/α,β-unsaturated/α-hetero) is 2. The van der Waals surface area contributed by atoms with E-state index in [1.54, 1.807) is 34.8 Å². The normalized spacial score (nSPS) is 14.9. The van der Waals surface area contributed by atoms with Gasteiger partial charge in [0, 0.05) is 52.9 Å². The average molecular weight is 1320 g/mol. The number of carbonyl (C=O) groups is 2. The van der Waals surface area contributed by atoms with Crippen LogP contribution in [0.2, 0.25) is 0 Å². The molecule has 6 nitrogen and oxygen atoms in total. The standard InChI is InChI=1S/C90H82N4O2S2/c1-5-9-13-17-25-59-33-41-65(42-34-59)89(66-43-35-60(36-44-66)26-18-14-10-6-2)79-53-76-80(54-75(79)87-81(89)51-69(97-87)49-77-83(63(55-91)56-92)71-29-21-23-31-73(71)85(77)95)90(67-45-37-61(38-46-67)27-19-15-11-7-3,68-47-39-62(40-48-68)28-20-16-12-8-4)82-52-70(98-88(76)82)50-78-84(64(57-93)58-94)72-30-22-24-32-74(72)86(78)96/h21-24,29-54H,5-20,25-28H2,1-4H3/b77-49-,78-50-. The van der Waals surface area contributed by atoms with Crippen molar-refractivity contribution < 1.29 is 9.59 Å². The monoisotopic (exact) mass is 1310 g/mol. The molecule has 7 aromatic carbocycles. The van der Waals surface area contributed by atoms with Crippen molar-refractivity contribution in [3.63, 3.8) is 0 Å². The van der Waals surface area contributed by atoms with Crippen LogP contribution in [-0.4, -0.2) is 11.6 Å². The summed E-state index contributed by atoms with van der Waals surface area (Å²) in [5.74, 6) is -0.425. The third-order valence-electron chi connectivity index (χ3n) is 21.0. The molecule has 2 aromatic heterocycles. The van der Waals surface area contributed by atoms with Gasteiger partial charge in [0.05, 0.1) is 10.8 Å². The van der Waals surface area contributed by atoms with Crippen LogP contribution in [0.3, 0.4) is 0 Å². The zero-order valence-electron chi connectivity index (χ0n) is 56.9. The summed E-state index contributed by atoms with van der Waals surface area (Å²) in [6.07, 6.45) is 26.4. The van der Waals surface area contributed by atoms with E-state index in [4.69, 9.17) is 0 Å². The molecular formula is C90H82N4O2S2. The van der Waals surface area contributed by atoms with Crippen molar-refractivity contribution in [2.45, 2.75) is 167 Å². The van der Waals surface area contributed by atoms with Crippen LogP contribution in [0.25, 0.3) is 44.2 Å². The van der Waals surface area contributed by atoms with Crippen LogP contribution in [0.1, 0.15) is 239 Å². The fraction of sp³-hybridized carbons (Fsp3) is 0.289. The van der Waals surface area contributed by atoms with E-state index in [0.717, 1.165) is 127 Å². The summed E-state index contributed by atoms with van der Waals surface area (Å²) in [6, 6.07) is 70.3. The SMILES string of the molecule is CCCCCCc1ccc(C2(c3ccc(CCCCCC)cc3)c3cc4c(cc3-c3sc(/C=C5\C(=O)c6ccccc6C5=C(C#N)C#N)cc32)C(c2ccc(CCCCCC)cc2)(c2ccc(CCCCCC)cc2)c2cc(/C=C3\C(=O)c5ccccc5C3=C(C#N)C#N)sc2-4)cc1. The molecule has 13 rings (SSSR count). The lowest BCUT2D eigenvalue weighted by atomic mass is 9.65. The molecule has 98 heavy (non-hydrogen) atoms. The second kappa shape index (κ2) is 29.5. The first kappa shape index (κ1) is 66.8.